The predicted octanol–water partition coefficient (Wildman–Crippen LogP) is 2.38. The van der Waals surface area contributed by atoms with Gasteiger partial charge in [0.25, 0.3) is 0 Å². The second-order valence-electron chi connectivity index (χ2n) is 6.15. The van der Waals surface area contributed by atoms with Gasteiger partial charge in [-0.25, -0.2) is 0 Å². The largest absolute Gasteiger partial charge is 0.468 e. The maximum absolute atomic E-state index is 11.7. The van der Waals surface area contributed by atoms with Gasteiger partial charge in [-0.15, -0.1) is 0 Å². The SMILES string of the molecule is COC(=O)C(CC(C)C)NCC1CC2C=CC1C2. The van der Waals surface area contributed by atoms with Crippen molar-refractivity contribution in [2.75, 3.05) is 13.7 Å². The third kappa shape index (κ3) is 3.14. The Bertz CT molecular complexity index is 324. The van der Waals surface area contributed by atoms with Crippen LogP contribution in [-0.2, 0) is 9.53 Å². The molecule has 102 valence electrons. The molecular weight excluding hydrogens is 226 g/mol. The van der Waals surface area contributed by atoms with Gasteiger partial charge < -0.3 is 10.1 Å². The zero-order valence-corrected chi connectivity index (χ0v) is 11.7. The van der Waals surface area contributed by atoms with E-state index in [1.807, 2.05) is 0 Å². The zero-order valence-electron chi connectivity index (χ0n) is 11.7. The van der Waals surface area contributed by atoms with Crippen LogP contribution in [0.2, 0.25) is 0 Å². The van der Waals surface area contributed by atoms with Crippen LogP contribution in [0.15, 0.2) is 12.2 Å². The molecule has 1 N–H and O–H groups in total. The van der Waals surface area contributed by atoms with Crippen molar-refractivity contribution >= 4 is 5.97 Å². The predicted molar refractivity (Wildman–Crippen MR) is 72.1 cm³/mol. The molecule has 1 saturated carbocycles. The Kier molecular flexibility index (Phi) is 4.44. The van der Waals surface area contributed by atoms with Crippen molar-refractivity contribution in [1.82, 2.24) is 5.32 Å². The van der Waals surface area contributed by atoms with Crippen molar-refractivity contribution < 1.29 is 9.53 Å². The van der Waals surface area contributed by atoms with E-state index in [1.54, 1.807) is 0 Å². The highest BCUT2D eigenvalue weighted by molar-refractivity contribution is 5.75. The highest BCUT2D eigenvalue weighted by Gasteiger charge is 2.35. The molecule has 1 fully saturated rings. The van der Waals surface area contributed by atoms with Gasteiger partial charge in [0.2, 0.25) is 0 Å². The topological polar surface area (TPSA) is 38.3 Å². The van der Waals surface area contributed by atoms with Crippen LogP contribution in [0.1, 0.15) is 33.1 Å². The minimum absolute atomic E-state index is 0.123. The molecule has 0 aromatic carbocycles. The Hall–Kier alpha value is -0.830. The van der Waals surface area contributed by atoms with Crippen LogP contribution in [0.25, 0.3) is 0 Å². The maximum Gasteiger partial charge on any atom is 0.322 e. The molecule has 0 heterocycles. The van der Waals surface area contributed by atoms with Crippen LogP contribution < -0.4 is 5.32 Å². The van der Waals surface area contributed by atoms with E-state index in [9.17, 15) is 4.79 Å². The minimum atomic E-state index is -0.141. The number of rotatable bonds is 6. The van der Waals surface area contributed by atoms with Gasteiger partial charge in [-0.05, 0) is 49.5 Å². The molecule has 2 aliphatic carbocycles. The number of methoxy groups -OCH3 is 1. The van der Waals surface area contributed by atoms with Crippen LogP contribution in [0.3, 0.4) is 0 Å². The summed E-state index contributed by atoms with van der Waals surface area (Å²) in [4.78, 5) is 11.7. The minimum Gasteiger partial charge on any atom is -0.468 e. The average Bonchev–Trinajstić information content (AvgIpc) is 2.95. The van der Waals surface area contributed by atoms with E-state index >= 15 is 0 Å². The molecule has 0 aromatic heterocycles. The van der Waals surface area contributed by atoms with E-state index < -0.39 is 0 Å². The second kappa shape index (κ2) is 5.87. The monoisotopic (exact) mass is 251 g/mol. The Morgan fingerprint density at radius 2 is 2.17 bits per heavy atom. The number of nitrogens with one attached hydrogen (secondary N) is 1. The summed E-state index contributed by atoms with van der Waals surface area (Å²) in [6, 6.07) is -0.141. The van der Waals surface area contributed by atoms with Crippen molar-refractivity contribution in [1.29, 1.82) is 0 Å². The van der Waals surface area contributed by atoms with Gasteiger partial charge in [0, 0.05) is 0 Å². The van der Waals surface area contributed by atoms with Crippen LogP contribution in [0, 0.1) is 23.7 Å². The first kappa shape index (κ1) is 13.6. The summed E-state index contributed by atoms with van der Waals surface area (Å²) in [5.74, 6) is 2.62. The standard InChI is InChI=1S/C15H25NO2/c1-10(2)6-14(15(17)18-3)16-9-13-8-11-4-5-12(13)7-11/h4-5,10-14,16H,6-9H2,1-3H3. The maximum atomic E-state index is 11.7. The molecule has 0 aromatic rings. The molecule has 4 atom stereocenters. The lowest BCUT2D eigenvalue weighted by atomic mass is 9.93. The van der Waals surface area contributed by atoms with Gasteiger partial charge in [-0.2, -0.15) is 0 Å². The van der Waals surface area contributed by atoms with Crippen molar-refractivity contribution in [3.63, 3.8) is 0 Å². The van der Waals surface area contributed by atoms with Crippen LogP contribution in [0.5, 0.6) is 0 Å². The Labute approximate surface area is 110 Å². The third-order valence-electron chi connectivity index (χ3n) is 4.24. The summed E-state index contributed by atoms with van der Waals surface area (Å²) in [6.45, 7) is 5.22. The van der Waals surface area contributed by atoms with E-state index in [2.05, 4.69) is 31.3 Å². The number of hydrogen-bond donors (Lipinski definition) is 1. The lowest BCUT2D eigenvalue weighted by molar-refractivity contribution is -0.143. The molecule has 2 bridgehead atoms. The molecule has 0 amide bonds. The smallest absolute Gasteiger partial charge is 0.322 e. The molecule has 0 radical (unpaired) electrons. The molecule has 2 aliphatic rings. The molecule has 0 saturated heterocycles. The first-order valence-electron chi connectivity index (χ1n) is 7.09. The number of carbonyl (C=O) groups excluding carboxylic acids is 1. The van der Waals surface area contributed by atoms with Gasteiger partial charge in [-0.3, -0.25) is 4.79 Å². The van der Waals surface area contributed by atoms with E-state index in [-0.39, 0.29) is 12.0 Å². The Balaban J connectivity index is 1.82. The summed E-state index contributed by atoms with van der Waals surface area (Å²) in [5.41, 5.74) is 0. The lowest BCUT2D eigenvalue weighted by Gasteiger charge is -2.23. The van der Waals surface area contributed by atoms with Crippen LogP contribution in [0.4, 0.5) is 0 Å². The molecule has 18 heavy (non-hydrogen) atoms. The van der Waals surface area contributed by atoms with E-state index in [1.165, 1.54) is 20.0 Å². The summed E-state index contributed by atoms with van der Waals surface area (Å²) in [7, 11) is 1.47. The first-order valence-corrected chi connectivity index (χ1v) is 7.09. The van der Waals surface area contributed by atoms with Crippen molar-refractivity contribution in [3.05, 3.63) is 12.2 Å². The van der Waals surface area contributed by atoms with Crippen molar-refractivity contribution in [2.24, 2.45) is 23.7 Å². The normalized spacial score (nSPS) is 31.0. The fourth-order valence-electron chi connectivity index (χ4n) is 3.30. The molecule has 0 aliphatic heterocycles. The van der Waals surface area contributed by atoms with Gasteiger partial charge in [0.05, 0.1) is 7.11 Å². The quantitative estimate of drug-likeness (QED) is 0.582. The number of ether oxygens (including phenoxy) is 1. The summed E-state index contributed by atoms with van der Waals surface area (Å²) in [6.07, 6.45) is 8.16. The van der Waals surface area contributed by atoms with Gasteiger partial charge >= 0.3 is 5.97 Å². The number of esters is 1. The van der Waals surface area contributed by atoms with E-state index in [4.69, 9.17) is 4.74 Å². The van der Waals surface area contributed by atoms with Crippen LogP contribution in [-0.4, -0.2) is 25.7 Å². The number of fused-ring (bicyclic) bond motifs is 2. The number of allylic oxidation sites excluding steroid dienone is 2. The number of hydrogen-bond acceptors (Lipinski definition) is 3. The van der Waals surface area contributed by atoms with E-state index in [0.29, 0.717) is 11.8 Å². The molecule has 4 unspecified atom stereocenters. The molecule has 3 heteroatoms. The highest BCUT2D eigenvalue weighted by Crippen LogP contribution is 2.43. The Morgan fingerprint density at radius 1 is 1.39 bits per heavy atom. The van der Waals surface area contributed by atoms with E-state index in [0.717, 1.165) is 24.8 Å². The van der Waals surface area contributed by atoms with Gasteiger partial charge in [0.1, 0.15) is 6.04 Å². The summed E-state index contributed by atoms with van der Waals surface area (Å²) in [5, 5.41) is 3.42. The van der Waals surface area contributed by atoms with Gasteiger partial charge in [-0.1, -0.05) is 26.0 Å². The molecular formula is C15H25NO2. The average molecular weight is 251 g/mol. The van der Waals surface area contributed by atoms with Gasteiger partial charge in [0.15, 0.2) is 0 Å². The zero-order chi connectivity index (χ0) is 13.1. The lowest BCUT2D eigenvalue weighted by Crippen LogP contribution is -2.41. The molecule has 0 spiro atoms. The Morgan fingerprint density at radius 3 is 2.67 bits per heavy atom. The highest BCUT2D eigenvalue weighted by atomic mass is 16.5. The number of carbonyl (C=O) groups is 1. The third-order valence-corrected chi connectivity index (χ3v) is 4.24. The van der Waals surface area contributed by atoms with Crippen molar-refractivity contribution in [3.8, 4) is 0 Å². The fourth-order valence-corrected chi connectivity index (χ4v) is 3.30. The van der Waals surface area contributed by atoms with Crippen molar-refractivity contribution in [2.45, 2.75) is 39.2 Å². The first-order chi connectivity index (χ1) is 8.60. The molecule has 2 rings (SSSR count). The fraction of sp³-hybridized carbons (Fsp3) is 0.800. The van der Waals surface area contributed by atoms with Crippen LogP contribution >= 0.6 is 0 Å². The molecule has 3 nitrogen and oxygen atoms in total. The summed E-state index contributed by atoms with van der Waals surface area (Å²) >= 11 is 0. The summed E-state index contributed by atoms with van der Waals surface area (Å²) < 4.78 is 4.87. The second-order valence-corrected chi connectivity index (χ2v) is 6.15.